The fourth-order valence-corrected chi connectivity index (χ4v) is 10.5. The lowest BCUT2D eigenvalue weighted by molar-refractivity contribution is -0.144. The van der Waals surface area contributed by atoms with E-state index in [0.29, 0.717) is 28.8 Å². The molecule has 0 fully saturated rings. The van der Waals surface area contributed by atoms with Crippen LogP contribution in [-0.2, 0) is 106 Å². The van der Waals surface area contributed by atoms with Crippen molar-refractivity contribution in [3.8, 4) is 0 Å². The quantitative estimate of drug-likeness (QED) is 0.00945. The van der Waals surface area contributed by atoms with Crippen molar-refractivity contribution < 1.29 is 112 Å². The van der Waals surface area contributed by atoms with Crippen LogP contribution in [0.5, 0.6) is 0 Å². The van der Waals surface area contributed by atoms with Crippen LogP contribution >= 0.6 is 0 Å². The Balaban J connectivity index is 1.16. The number of unbranched alkanes of at least 4 members (excludes halogenated alkanes) is 1. The van der Waals surface area contributed by atoms with Crippen LogP contribution in [0.1, 0.15) is 92.0 Å². The second-order valence-electron chi connectivity index (χ2n) is 24.2. The van der Waals surface area contributed by atoms with Crippen molar-refractivity contribution >= 4 is 124 Å². The molecule has 0 saturated carbocycles. The van der Waals surface area contributed by atoms with Crippen molar-refractivity contribution in [1.82, 2.24) is 58.5 Å². The summed E-state index contributed by atoms with van der Waals surface area (Å²) >= 11 is 0. The van der Waals surface area contributed by atoms with E-state index >= 15 is 0 Å². The molecule has 1 aliphatic rings. The number of carboxylic acids is 5. The summed E-state index contributed by atoms with van der Waals surface area (Å²) in [6.07, 6.45) is -3.26. The summed E-state index contributed by atoms with van der Waals surface area (Å²) in [5.41, 5.74) is 18.0. The minimum absolute atomic E-state index is 0.00830. The number of carbonyl (C=O) groups is 18. The molecule has 0 radical (unpaired) electrons. The summed E-state index contributed by atoms with van der Waals surface area (Å²) in [7, 11) is 0. The predicted molar refractivity (Wildman–Crippen MR) is 375 cm³/mol. The topological polar surface area (TPSA) is 619 Å². The number of nitrogens with zero attached hydrogens (tertiary/aromatic N) is 4. The molecule has 0 aliphatic carbocycles. The number of aliphatic carboxylic acids is 5. The monoisotopic (exact) mass is 1500 g/mol. The van der Waals surface area contributed by atoms with Crippen LogP contribution in [0.25, 0.3) is 22.6 Å². The van der Waals surface area contributed by atoms with Crippen molar-refractivity contribution in [2.24, 2.45) is 10.8 Å². The van der Waals surface area contributed by atoms with E-state index < -0.39 is 220 Å². The smallest absolute Gasteiger partial charge is 0.305 e. The number of para-hydroxylation sites is 1. The first-order valence-corrected chi connectivity index (χ1v) is 33.2. The Morgan fingerprint density at radius 3 is 1.24 bits per heavy atom. The maximum atomic E-state index is 14.4. The first-order chi connectivity index (χ1) is 51.4. The third-order valence-electron chi connectivity index (χ3n) is 15.9. The lowest BCUT2D eigenvalue weighted by Gasteiger charge is -2.27. The average molecular weight is 1500 g/mol. The van der Waals surface area contributed by atoms with Crippen LogP contribution in [0, 0.1) is 0 Å². The molecule has 18 N–H and O–H groups in total. The summed E-state index contributed by atoms with van der Waals surface area (Å²) in [5.74, 6) is -23.7. The highest BCUT2D eigenvalue weighted by atomic mass is 16.4. The van der Waals surface area contributed by atoms with E-state index in [4.69, 9.17) is 11.3 Å². The Hall–Kier alpha value is -13.6. The first-order valence-electron chi connectivity index (χ1n) is 33.2. The van der Waals surface area contributed by atoms with Gasteiger partial charge in [0.05, 0.1) is 64.0 Å². The van der Waals surface area contributed by atoms with Crippen molar-refractivity contribution in [1.29, 1.82) is 0 Å². The van der Waals surface area contributed by atoms with E-state index in [1.165, 1.54) is 4.90 Å². The highest BCUT2D eigenvalue weighted by Crippen LogP contribution is 2.29. The fraction of sp³-hybridized carbons (Fsp3) is 0.362. The molecule has 108 heavy (non-hydrogen) atoms. The lowest BCUT2D eigenvalue weighted by atomic mass is 10.0. The number of carbonyl (C=O) groups excluding carboxylic acids is 13. The van der Waals surface area contributed by atoms with E-state index in [1.54, 1.807) is 91.0 Å². The fourth-order valence-electron chi connectivity index (χ4n) is 10.5. The SMILES string of the molecule is [N-]=[N+]=NCCCCC(NC(=O)C(Cc1ccccc1)NC(=O)C(Cc1ccccc1)NC(=O)C(CC(=O)O)NC(=O)C(CC(=O)O)NC(=O)C(CC(=O)O)NC(=O)CNC(=O)CNC(=O)CNC(=O)C(CC(=O)O)NC(=O)C(CC(=O)O)NC(=O)CCC(=O)N1Cc2ccccc2/C=C\c2ccccc21)C(N)=O. The molecule has 39 nitrogen and oxygen atoms in total. The number of fused-ring (bicyclic) bond motifs is 2. The van der Waals surface area contributed by atoms with Gasteiger partial charge >= 0.3 is 29.8 Å². The standard InChI is InChI=1S/C69H80N16O23/c70-62(101)43(20-11-12-26-75-84-71)78-64(103)44(27-38-13-3-1-4-14-38)79-65(104)45(28-39-15-5-2-6-16-39)80-68(107)49(32-60(97)98)83-69(108)50(33-61(99)100)82-67(106)48(31-59(95)96)77-55(89)36-73-53(87)34-72-54(88)35-74-63(102)46(29-57(91)92)81-66(105)47(30-58(93)94)76-52(86)24-25-56(90)85-37-42-19-8-7-17-40(42)22-23-41-18-9-10-21-51(41)85/h1-10,13-19,21-23,43-50H,11-12,20,24-37H2,(H2,70,101)(H,72,88)(H,73,87)(H,74,102)(H,76,86)(H,77,89)(H,78,103)(H,79,104)(H,80,107)(H,81,105)(H,82,106)(H,83,108)(H,91,92)(H,93,94)(H,95,96)(H,97,98)(H,99,100)/b23-22-. The summed E-state index contributed by atoms with van der Waals surface area (Å²) in [6, 6.07) is 15.4. The van der Waals surface area contributed by atoms with Crippen molar-refractivity contribution in [3.05, 3.63) is 147 Å². The van der Waals surface area contributed by atoms with E-state index in [-0.39, 0.29) is 38.8 Å². The van der Waals surface area contributed by atoms with Gasteiger partial charge in [0.1, 0.15) is 48.3 Å². The van der Waals surface area contributed by atoms with Gasteiger partial charge in [-0.1, -0.05) is 127 Å². The molecule has 1 heterocycles. The molecule has 574 valence electrons. The number of hydrogen-bond acceptors (Lipinski definition) is 19. The molecule has 0 bridgehead atoms. The molecule has 0 aromatic heterocycles. The summed E-state index contributed by atoms with van der Waals surface area (Å²) < 4.78 is 0. The lowest BCUT2D eigenvalue weighted by Crippen LogP contribution is -2.60. The van der Waals surface area contributed by atoms with E-state index in [1.807, 2.05) is 67.6 Å². The van der Waals surface area contributed by atoms with Gasteiger partial charge in [-0.2, -0.15) is 0 Å². The molecular formula is C69H80N16O23. The number of amides is 13. The average Bonchev–Trinajstić information content (AvgIpc) is 0.807. The predicted octanol–water partition coefficient (Wildman–Crippen LogP) is -2.46. The molecular weight excluding hydrogens is 1420 g/mol. The number of azide groups is 1. The van der Waals surface area contributed by atoms with Crippen LogP contribution in [0.2, 0.25) is 0 Å². The maximum absolute atomic E-state index is 14.4. The molecule has 39 heteroatoms. The van der Waals surface area contributed by atoms with Crippen molar-refractivity contribution in [3.63, 3.8) is 0 Å². The Bertz CT molecular complexity index is 4080. The van der Waals surface area contributed by atoms with Gasteiger partial charge in [-0.25, -0.2) is 0 Å². The van der Waals surface area contributed by atoms with E-state index in [0.717, 1.165) is 11.1 Å². The Labute approximate surface area is 613 Å². The van der Waals surface area contributed by atoms with E-state index in [9.17, 15) is 112 Å². The zero-order valence-electron chi connectivity index (χ0n) is 57.6. The minimum atomic E-state index is -2.28. The molecule has 4 aromatic rings. The van der Waals surface area contributed by atoms with Gasteiger partial charge in [-0.15, -0.1) is 0 Å². The van der Waals surface area contributed by atoms with Gasteiger partial charge in [0, 0.05) is 37.1 Å². The molecule has 0 saturated heterocycles. The van der Waals surface area contributed by atoms with Crippen LogP contribution in [0.4, 0.5) is 5.69 Å². The normalized spacial score (nSPS) is 13.6. The van der Waals surface area contributed by atoms with Crippen molar-refractivity contribution in [2.75, 3.05) is 31.1 Å². The zero-order valence-corrected chi connectivity index (χ0v) is 57.6. The second-order valence-corrected chi connectivity index (χ2v) is 24.2. The van der Waals surface area contributed by atoms with Gasteiger partial charge < -0.3 is 94.7 Å². The zero-order chi connectivity index (χ0) is 79.4. The van der Waals surface area contributed by atoms with Crippen molar-refractivity contribution in [2.45, 2.75) is 132 Å². The van der Waals surface area contributed by atoms with Gasteiger partial charge in [0.2, 0.25) is 76.8 Å². The molecule has 4 aromatic carbocycles. The number of nitrogens with two attached hydrogens (primary N) is 1. The summed E-state index contributed by atoms with van der Waals surface area (Å²) in [4.78, 5) is 239. The highest BCUT2D eigenvalue weighted by Gasteiger charge is 2.37. The Morgan fingerprint density at radius 1 is 0.407 bits per heavy atom. The molecule has 1 aliphatic heterocycles. The number of nitrogens with one attached hydrogen (secondary N) is 11. The number of carboxylic acid groups (broad SMARTS) is 5. The van der Waals surface area contributed by atoms with E-state index in [2.05, 4.69) is 31.3 Å². The molecule has 13 amide bonds. The Morgan fingerprint density at radius 2 is 0.778 bits per heavy atom. The number of rotatable bonds is 44. The third kappa shape index (κ3) is 30.0. The molecule has 5 rings (SSSR count). The number of primary amides is 1. The summed E-state index contributed by atoms with van der Waals surface area (Å²) in [6.45, 7) is -2.82. The van der Waals surface area contributed by atoms with Gasteiger partial charge in [0.25, 0.3) is 0 Å². The summed E-state index contributed by atoms with van der Waals surface area (Å²) in [5, 5.41) is 75.5. The molecule has 8 atom stereocenters. The van der Waals surface area contributed by atoms with Crippen LogP contribution in [0.15, 0.2) is 114 Å². The number of benzene rings is 4. The first kappa shape index (κ1) is 85.0. The van der Waals surface area contributed by atoms with Gasteiger partial charge in [-0.3, -0.25) is 86.3 Å². The van der Waals surface area contributed by atoms with Crippen LogP contribution in [0.3, 0.4) is 0 Å². The van der Waals surface area contributed by atoms with Crippen LogP contribution in [-0.4, -0.2) is 207 Å². The minimum Gasteiger partial charge on any atom is -0.481 e. The van der Waals surface area contributed by atoms with Gasteiger partial charge in [0.15, 0.2) is 0 Å². The third-order valence-corrected chi connectivity index (χ3v) is 15.9. The number of hydrogen-bond donors (Lipinski definition) is 17. The van der Waals surface area contributed by atoms with Crippen LogP contribution < -0.4 is 69.1 Å². The molecule has 8 unspecified atom stereocenters. The highest BCUT2D eigenvalue weighted by molar-refractivity contribution is 6.02. The maximum Gasteiger partial charge on any atom is 0.305 e. The Kier molecular flexibility index (Phi) is 34.2. The second kappa shape index (κ2) is 43.5. The van der Waals surface area contributed by atoms with Gasteiger partial charge in [-0.05, 0) is 52.3 Å². The molecule has 0 spiro atoms. The largest absolute Gasteiger partial charge is 0.481 e. The number of anilines is 1.